The van der Waals surface area contributed by atoms with Crippen LogP contribution in [0, 0.1) is 0 Å². The SMILES string of the molecule is C=C/C=C/CCC(CCC)n1ccoc1=O. The third-order valence-electron chi connectivity index (χ3n) is 2.56. The zero-order valence-electron chi connectivity index (χ0n) is 9.76. The van der Waals surface area contributed by atoms with Crippen LogP contribution in [-0.2, 0) is 0 Å². The van der Waals surface area contributed by atoms with Crippen LogP contribution >= 0.6 is 0 Å². The van der Waals surface area contributed by atoms with Gasteiger partial charge in [0, 0.05) is 12.2 Å². The molecule has 0 spiro atoms. The molecule has 1 aromatic rings. The Balaban J connectivity index is 2.61. The van der Waals surface area contributed by atoms with Gasteiger partial charge < -0.3 is 4.42 Å². The van der Waals surface area contributed by atoms with E-state index in [9.17, 15) is 4.79 Å². The highest BCUT2D eigenvalue weighted by Crippen LogP contribution is 2.18. The summed E-state index contributed by atoms with van der Waals surface area (Å²) >= 11 is 0. The van der Waals surface area contributed by atoms with Crippen LogP contribution in [0.1, 0.15) is 38.6 Å². The predicted octanol–water partition coefficient (Wildman–Crippen LogP) is 3.30. The van der Waals surface area contributed by atoms with Crippen LogP contribution in [0.5, 0.6) is 0 Å². The summed E-state index contributed by atoms with van der Waals surface area (Å²) < 4.78 is 6.48. The van der Waals surface area contributed by atoms with E-state index in [0.29, 0.717) is 0 Å². The maximum absolute atomic E-state index is 11.4. The van der Waals surface area contributed by atoms with Gasteiger partial charge in [0.25, 0.3) is 0 Å². The first-order valence-electron chi connectivity index (χ1n) is 5.72. The molecule has 3 heteroatoms. The van der Waals surface area contributed by atoms with Crippen molar-refractivity contribution < 1.29 is 4.42 Å². The van der Waals surface area contributed by atoms with Crippen molar-refractivity contribution in [1.29, 1.82) is 0 Å². The molecule has 1 rings (SSSR count). The Morgan fingerprint density at radius 1 is 1.56 bits per heavy atom. The molecular weight excluding hydrogens is 202 g/mol. The van der Waals surface area contributed by atoms with Gasteiger partial charge in [0.05, 0.1) is 0 Å². The molecule has 0 aliphatic carbocycles. The summed E-state index contributed by atoms with van der Waals surface area (Å²) in [5, 5.41) is 0. The summed E-state index contributed by atoms with van der Waals surface area (Å²) in [5.41, 5.74) is 0. The van der Waals surface area contributed by atoms with Crippen LogP contribution in [-0.4, -0.2) is 4.57 Å². The fraction of sp³-hybridized carbons (Fsp3) is 0.462. The van der Waals surface area contributed by atoms with Gasteiger partial charge in [0.2, 0.25) is 0 Å². The minimum Gasteiger partial charge on any atom is -0.416 e. The van der Waals surface area contributed by atoms with Gasteiger partial charge in [-0.25, -0.2) is 4.79 Å². The first kappa shape index (κ1) is 12.6. The second kappa shape index (κ2) is 6.88. The highest BCUT2D eigenvalue weighted by atomic mass is 16.4. The van der Waals surface area contributed by atoms with Gasteiger partial charge in [-0.2, -0.15) is 0 Å². The zero-order valence-corrected chi connectivity index (χ0v) is 9.76. The van der Waals surface area contributed by atoms with Gasteiger partial charge in [0.1, 0.15) is 6.26 Å². The van der Waals surface area contributed by atoms with Crippen molar-refractivity contribution >= 4 is 0 Å². The van der Waals surface area contributed by atoms with E-state index in [1.807, 2.05) is 6.08 Å². The van der Waals surface area contributed by atoms with Crippen molar-refractivity contribution in [1.82, 2.24) is 4.57 Å². The molecule has 0 aliphatic heterocycles. The molecule has 0 amide bonds. The minimum atomic E-state index is -0.258. The lowest BCUT2D eigenvalue weighted by Gasteiger charge is -2.14. The van der Waals surface area contributed by atoms with Crippen molar-refractivity contribution in [3.05, 3.63) is 47.8 Å². The molecule has 3 nitrogen and oxygen atoms in total. The Labute approximate surface area is 96.1 Å². The maximum atomic E-state index is 11.4. The quantitative estimate of drug-likeness (QED) is 0.662. The summed E-state index contributed by atoms with van der Waals surface area (Å²) in [4.78, 5) is 11.4. The summed E-state index contributed by atoms with van der Waals surface area (Å²) in [6.45, 7) is 5.74. The van der Waals surface area contributed by atoms with E-state index < -0.39 is 0 Å². The summed E-state index contributed by atoms with van der Waals surface area (Å²) in [6, 6.07) is 0.241. The molecule has 16 heavy (non-hydrogen) atoms. The molecule has 88 valence electrons. The Kier molecular flexibility index (Phi) is 5.40. The third-order valence-corrected chi connectivity index (χ3v) is 2.56. The third kappa shape index (κ3) is 3.57. The average Bonchev–Trinajstić information content (AvgIpc) is 2.69. The van der Waals surface area contributed by atoms with Crippen molar-refractivity contribution in [2.45, 2.75) is 38.6 Å². The second-order valence-electron chi connectivity index (χ2n) is 3.76. The lowest BCUT2D eigenvalue weighted by Crippen LogP contribution is -2.19. The maximum Gasteiger partial charge on any atom is 0.419 e. The number of hydrogen-bond acceptors (Lipinski definition) is 2. The van der Waals surface area contributed by atoms with E-state index in [-0.39, 0.29) is 11.8 Å². The van der Waals surface area contributed by atoms with Crippen LogP contribution in [0.3, 0.4) is 0 Å². The largest absolute Gasteiger partial charge is 0.419 e. The van der Waals surface area contributed by atoms with E-state index in [4.69, 9.17) is 4.42 Å². The molecule has 0 saturated heterocycles. The standard InChI is InChI=1S/C13H19NO2/c1-3-5-6-7-9-12(8-4-2)14-10-11-16-13(14)15/h3,5-6,10-12H,1,4,7-9H2,2H3/b6-5+. The summed E-state index contributed by atoms with van der Waals surface area (Å²) in [6.07, 6.45) is 12.9. The number of oxazole rings is 1. The van der Waals surface area contributed by atoms with Gasteiger partial charge in [0.15, 0.2) is 0 Å². The number of rotatable bonds is 7. The topological polar surface area (TPSA) is 35.1 Å². The molecule has 0 fully saturated rings. The summed E-state index contributed by atoms with van der Waals surface area (Å²) in [7, 11) is 0. The van der Waals surface area contributed by atoms with Crippen LogP contribution in [0.4, 0.5) is 0 Å². The molecular formula is C13H19NO2. The molecule has 0 radical (unpaired) electrons. The van der Waals surface area contributed by atoms with Crippen molar-refractivity contribution in [2.75, 3.05) is 0 Å². The minimum absolute atomic E-state index is 0.241. The van der Waals surface area contributed by atoms with Gasteiger partial charge in [-0.1, -0.05) is 38.2 Å². The van der Waals surface area contributed by atoms with Crippen LogP contribution < -0.4 is 5.76 Å². The van der Waals surface area contributed by atoms with E-state index in [1.54, 1.807) is 16.8 Å². The van der Waals surface area contributed by atoms with E-state index in [0.717, 1.165) is 25.7 Å². The van der Waals surface area contributed by atoms with Crippen molar-refractivity contribution in [3.8, 4) is 0 Å². The molecule has 1 aromatic heterocycles. The predicted molar refractivity (Wildman–Crippen MR) is 65.5 cm³/mol. The van der Waals surface area contributed by atoms with Gasteiger partial charge in [-0.15, -0.1) is 0 Å². The Hall–Kier alpha value is -1.51. The lowest BCUT2D eigenvalue weighted by molar-refractivity contribution is 0.386. The molecule has 0 N–H and O–H groups in total. The zero-order chi connectivity index (χ0) is 11.8. The molecule has 1 unspecified atom stereocenters. The Morgan fingerprint density at radius 3 is 2.94 bits per heavy atom. The van der Waals surface area contributed by atoms with Gasteiger partial charge in [-0.3, -0.25) is 4.57 Å². The average molecular weight is 221 g/mol. The monoisotopic (exact) mass is 221 g/mol. The van der Waals surface area contributed by atoms with Crippen LogP contribution in [0.15, 0.2) is 46.5 Å². The molecule has 0 bridgehead atoms. The molecule has 0 aromatic carbocycles. The normalized spacial score (nSPS) is 13.1. The number of nitrogens with zero attached hydrogens (tertiary/aromatic N) is 1. The Morgan fingerprint density at radius 2 is 2.38 bits per heavy atom. The fourth-order valence-corrected chi connectivity index (χ4v) is 1.78. The van der Waals surface area contributed by atoms with Crippen LogP contribution in [0.25, 0.3) is 0 Å². The van der Waals surface area contributed by atoms with E-state index in [2.05, 4.69) is 19.6 Å². The smallest absolute Gasteiger partial charge is 0.416 e. The highest BCUT2D eigenvalue weighted by Gasteiger charge is 2.11. The Bertz CT molecular complexity index is 387. The number of aromatic nitrogens is 1. The van der Waals surface area contributed by atoms with Gasteiger partial charge >= 0.3 is 5.76 Å². The number of allylic oxidation sites excluding steroid dienone is 3. The van der Waals surface area contributed by atoms with Crippen molar-refractivity contribution in [2.24, 2.45) is 0 Å². The number of hydrogen-bond donors (Lipinski definition) is 0. The first-order valence-corrected chi connectivity index (χ1v) is 5.72. The van der Waals surface area contributed by atoms with E-state index >= 15 is 0 Å². The van der Waals surface area contributed by atoms with Gasteiger partial charge in [-0.05, 0) is 19.3 Å². The second-order valence-corrected chi connectivity index (χ2v) is 3.76. The molecule has 0 aliphatic rings. The van der Waals surface area contributed by atoms with Crippen molar-refractivity contribution in [3.63, 3.8) is 0 Å². The molecule has 0 saturated carbocycles. The first-order chi connectivity index (χ1) is 7.79. The molecule has 1 heterocycles. The molecule has 1 atom stereocenters. The lowest BCUT2D eigenvalue weighted by atomic mass is 10.1. The van der Waals surface area contributed by atoms with E-state index in [1.165, 1.54) is 6.26 Å². The summed E-state index contributed by atoms with van der Waals surface area (Å²) in [5.74, 6) is -0.258. The fourth-order valence-electron chi connectivity index (χ4n) is 1.78. The van der Waals surface area contributed by atoms with Crippen LogP contribution in [0.2, 0.25) is 0 Å². The highest BCUT2D eigenvalue weighted by molar-refractivity contribution is 4.97.